The molecule has 0 spiro atoms. The molecule has 0 bridgehead atoms. The first-order valence-corrected chi connectivity index (χ1v) is 8.70. The SMILES string of the molecule is O=C(Nc1cccc(C=Cc2ccccc2)c1C1=NCCO1)c1ccco1. The Morgan fingerprint density at radius 1 is 1.00 bits per heavy atom. The second kappa shape index (κ2) is 7.74. The molecule has 0 saturated carbocycles. The van der Waals surface area contributed by atoms with E-state index in [2.05, 4.69) is 10.3 Å². The summed E-state index contributed by atoms with van der Waals surface area (Å²) in [5, 5.41) is 2.90. The molecule has 1 N–H and O–H groups in total. The van der Waals surface area contributed by atoms with Gasteiger partial charge >= 0.3 is 0 Å². The number of aliphatic imine (C=N–C) groups is 1. The zero-order valence-electron chi connectivity index (χ0n) is 14.6. The molecule has 5 nitrogen and oxygen atoms in total. The lowest BCUT2D eigenvalue weighted by Crippen LogP contribution is -2.15. The van der Waals surface area contributed by atoms with Gasteiger partial charge in [0.15, 0.2) is 5.76 Å². The van der Waals surface area contributed by atoms with Crippen molar-refractivity contribution in [3.8, 4) is 0 Å². The molecule has 2 aromatic carbocycles. The van der Waals surface area contributed by atoms with E-state index in [1.807, 2.05) is 60.7 Å². The Morgan fingerprint density at radius 3 is 2.63 bits per heavy atom. The second-order valence-corrected chi connectivity index (χ2v) is 5.98. The van der Waals surface area contributed by atoms with Crippen LogP contribution in [0.5, 0.6) is 0 Å². The van der Waals surface area contributed by atoms with Crippen LogP contribution in [-0.4, -0.2) is 25.0 Å². The molecular formula is C22H18N2O3. The van der Waals surface area contributed by atoms with Crippen LogP contribution >= 0.6 is 0 Å². The molecular weight excluding hydrogens is 340 g/mol. The summed E-state index contributed by atoms with van der Waals surface area (Å²) in [6, 6.07) is 19.0. The maximum Gasteiger partial charge on any atom is 0.291 e. The number of anilines is 1. The first-order chi connectivity index (χ1) is 13.3. The van der Waals surface area contributed by atoms with E-state index in [1.54, 1.807) is 12.1 Å². The van der Waals surface area contributed by atoms with E-state index >= 15 is 0 Å². The monoisotopic (exact) mass is 358 g/mol. The van der Waals surface area contributed by atoms with E-state index in [0.29, 0.717) is 24.7 Å². The molecule has 1 aliphatic rings. The highest BCUT2D eigenvalue weighted by Crippen LogP contribution is 2.26. The third kappa shape index (κ3) is 3.82. The molecule has 0 saturated heterocycles. The Balaban J connectivity index is 1.70. The lowest BCUT2D eigenvalue weighted by atomic mass is 10.0. The van der Waals surface area contributed by atoms with Gasteiger partial charge in [0, 0.05) is 0 Å². The van der Waals surface area contributed by atoms with Crippen LogP contribution in [0.25, 0.3) is 12.2 Å². The van der Waals surface area contributed by atoms with Gasteiger partial charge in [0.1, 0.15) is 6.61 Å². The van der Waals surface area contributed by atoms with Gasteiger partial charge in [-0.15, -0.1) is 0 Å². The molecule has 2 heterocycles. The Labute approximate surface area is 157 Å². The van der Waals surface area contributed by atoms with Crippen LogP contribution in [0.1, 0.15) is 27.2 Å². The predicted molar refractivity (Wildman–Crippen MR) is 106 cm³/mol. The topological polar surface area (TPSA) is 63.8 Å². The smallest absolute Gasteiger partial charge is 0.291 e. The minimum Gasteiger partial charge on any atom is -0.475 e. The van der Waals surface area contributed by atoms with Crippen LogP contribution in [0.4, 0.5) is 5.69 Å². The summed E-state index contributed by atoms with van der Waals surface area (Å²) in [4.78, 5) is 16.9. The van der Waals surface area contributed by atoms with Crippen molar-refractivity contribution in [3.63, 3.8) is 0 Å². The number of amides is 1. The number of ether oxygens (including phenoxy) is 1. The van der Waals surface area contributed by atoms with Gasteiger partial charge in [-0.3, -0.25) is 4.79 Å². The van der Waals surface area contributed by atoms with E-state index < -0.39 is 0 Å². The number of carbonyl (C=O) groups excluding carboxylic acids is 1. The highest BCUT2D eigenvalue weighted by molar-refractivity contribution is 6.10. The van der Waals surface area contributed by atoms with Crippen molar-refractivity contribution in [2.75, 3.05) is 18.5 Å². The van der Waals surface area contributed by atoms with Gasteiger partial charge in [0.05, 0.1) is 24.1 Å². The van der Waals surface area contributed by atoms with Crippen LogP contribution in [0, 0.1) is 0 Å². The molecule has 0 radical (unpaired) electrons. The van der Waals surface area contributed by atoms with Gasteiger partial charge in [-0.25, -0.2) is 4.99 Å². The molecule has 1 aromatic heterocycles. The highest BCUT2D eigenvalue weighted by Gasteiger charge is 2.20. The van der Waals surface area contributed by atoms with Crippen molar-refractivity contribution < 1.29 is 13.9 Å². The average molecular weight is 358 g/mol. The maximum atomic E-state index is 12.4. The minimum absolute atomic E-state index is 0.250. The molecule has 27 heavy (non-hydrogen) atoms. The zero-order valence-corrected chi connectivity index (χ0v) is 14.6. The molecule has 4 rings (SSSR count). The third-order valence-corrected chi connectivity index (χ3v) is 4.14. The van der Waals surface area contributed by atoms with Crippen LogP contribution < -0.4 is 5.32 Å². The first kappa shape index (κ1) is 16.8. The molecule has 3 aromatic rings. The minimum atomic E-state index is -0.316. The first-order valence-electron chi connectivity index (χ1n) is 8.70. The normalized spacial score (nSPS) is 13.4. The van der Waals surface area contributed by atoms with Crippen molar-refractivity contribution in [3.05, 3.63) is 89.4 Å². The molecule has 0 atom stereocenters. The van der Waals surface area contributed by atoms with Gasteiger partial charge in [-0.2, -0.15) is 0 Å². The molecule has 0 unspecified atom stereocenters. The van der Waals surface area contributed by atoms with Crippen LogP contribution in [0.15, 0.2) is 76.3 Å². The fourth-order valence-corrected chi connectivity index (χ4v) is 2.88. The van der Waals surface area contributed by atoms with Crippen molar-refractivity contribution in [1.29, 1.82) is 0 Å². The molecule has 1 aliphatic heterocycles. The molecule has 0 aliphatic carbocycles. The van der Waals surface area contributed by atoms with Crippen molar-refractivity contribution >= 4 is 29.6 Å². The van der Waals surface area contributed by atoms with Gasteiger partial charge in [0.25, 0.3) is 5.91 Å². The summed E-state index contributed by atoms with van der Waals surface area (Å²) in [6.07, 6.45) is 5.49. The summed E-state index contributed by atoms with van der Waals surface area (Å²) in [5.74, 6) is 0.475. The fraction of sp³-hybridized carbons (Fsp3) is 0.0909. The van der Waals surface area contributed by atoms with Crippen LogP contribution in [-0.2, 0) is 4.74 Å². The van der Waals surface area contributed by atoms with E-state index in [4.69, 9.17) is 9.15 Å². The Bertz CT molecular complexity index is 990. The lowest BCUT2D eigenvalue weighted by molar-refractivity contribution is 0.0996. The second-order valence-electron chi connectivity index (χ2n) is 5.98. The van der Waals surface area contributed by atoms with Crippen molar-refractivity contribution in [2.24, 2.45) is 4.99 Å². The average Bonchev–Trinajstić information content (AvgIpc) is 3.41. The number of carbonyl (C=O) groups is 1. The summed E-state index contributed by atoms with van der Waals surface area (Å²) < 4.78 is 10.9. The number of benzene rings is 2. The molecule has 0 fully saturated rings. The summed E-state index contributed by atoms with van der Waals surface area (Å²) in [5.41, 5.74) is 3.40. The van der Waals surface area contributed by atoms with Crippen molar-refractivity contribution in [2.45, 2.75) is 0 Å². The van der Waals surface area contributed by atoms with Crippen LogP contribution in [0.3, 0.4) is 0 Å². The number of nitrogens with one attached hydrogen (secondary N) is 1. The highest BCUT2D eigenvalue weighted by atomic mass is 16.5. The predicted octanol–water partition coefficient (Wildman–Crippen LogP) is 4.48. The standard InChI is InChI=1S/C22H18N2O3/c25-21(19-10-5-14-26-19)24-18-9-4-8-17(20(18)22-23-13-15-27-22)12-11-16-6-2-1-3-7-16/h1-12,14H,13,15H2,(H,24,25). The number of rotatable bonds is 5. The number of hydrogen-bond acceptors (Lipinski definition) is 4. The Morgan fingerprint density at radius 2 is 1.89 bits per heavy atom. The maximum absolute atomic E-state index is 12.4. The molecule has 5 heteroatoms. The van der Waals surface area contributed by atoms with Gasteiger partial charge in [-0.1, -0.05) is 54.6 Å². The molecule has 134 valence electrons. The van der Waals surface area contributed by atoms with Gasteiger partial charge < -0.3 is 14.5 Å². The Kier molecular flexibility index (Phi) is 4.83. The largest absolute Gasteiger partial charge is 0.475 e. The lowest BCUT2D eigenvalue weighted by Gasteiger charge is -2.13. The zero-order chi connectivity index (χ0) is 18.5. The fourth-order valence-electron chi connectivity index (χ4n) is 2.88. The van der Waals surface area contributed by atoms with Gasteiger partial charge in [0.2, 0.25) is 5.90 Å². The van der Waals surface area contributed by atoms with E-state index in [0.717, 1.165) is 16.7 Å². The van der Waals surface area contributed by atoms with Gasteiger partial charge in [-0.05, 0) is 29.3 Å². The van der Waals surface area contributed by atoms with Crippen LogP contribution in [0.2, 0.25) is 0 Å². The van der Waals surface area contributed by atoms with E-state index in [1.165, 1.54) is 6.26 Å². The Hall–Kier alpha value is -3.60. The summed E-state index contributed by atoms with van der Waals surface area (Å²) >= 11 is 0. The number of nitrogens with zero attached hydrogens (tertiary/aromatic N) is 1. The van der Waals surface area contributed by atoms with E-state index in [-0.39, 0.29) is 11.7 Å². The number of furan rings is 1. The van der Waals surface area contributed by atoms with Crippen molar-refractivity contribution in [1.82, 2.24) is 0 Å². The summed E-state index contributed by atoms with van der Waals surface area (Å²) in [7, 11) is 0. The summed E-state index contributed by atoms with van der Waals surface area (Å²) in [6.45, 7) is 1.15. The quantitative estimate of drug-likeness (QED) is 0.684. The van der Waals surface area contributed by atoms with E-state index in [9.17, 15) is 4.79 Å². The molecule has 1 amide bonds. The number of hydrogen-bond donors (Lipinski definition) is 1. The third-order valence-electron chi connectivity index (χ3n) is 4.14.